The van der Waals surface area contributed by atoms with Crippen molar-refractivity contribution in [2.75, 3.05) is 11.9 Å². The number of nitrogens with one attached hydrogen (secondary N) is 1. The Bertz CT molecular complexity index is 597. The molecule has 0 saturated carbocycles. The zero-order chi connectivity index (χ0) is 14.4. The van der Waals surface area contributed by atoms with E-state index in [1.807, 2.05) is 0 Å². The Balaban J connectivity index is 2.04. The summed E-state index contributed by atoms with van der Waals surface area (Å²) in [5, 5.41) is 2.66. The lowest BCUT2D eigenvalue weighted by Gasteiger charge is -2.05. The second-order valence-electron chi connectivity index (χ2n) is 3.84. The number of carbonyl (C=O) groups is 2. The highest BCUT2D eigenvalue weighted by Gasteiger charge is 2.09. The highest BCUT2D eigenvalue weighted by Crippen LogP contribution is 2.11. The van der Waals surface area contributed by atoms with E-state index in [1.165, 1.54) is 18.6 Å². The number of benzene rings is 1. The fraction of sp³-hybridized carbons (Fsp3) is 0.143. The minimum absolute atomic E-state index is 0.224. The molecule has 2 aromatic rings. The molecule has 0 fully saturated rings. The number of aromatic nitrogens is 2. The van der Waals surface area contributed by atoms with Gasteiger partial charge in [-0.3, -0.25) is 9.78 Å². The number of anilines is 1. The monoisotopic (exact) mass is 271 g/mol. The standard InChI is InChI=1S/C14H13N3O3/c1-2-20-14(19)10-3-5-11(6-4-10)17-13(18)12-9-15-7-8-16-12/h3-9H,2H2,1H3,(H,17,18). The molecule has 1 aromatic heterocycles. The van der Waals surface area contributed by atoms with Crippen LogP contribution in [0, 0.1) is 0 Å². The summed E-state index contributed by atoms with van der Waals surface area (Å²) in [6.07, 6.45) is 4.31. The number of rotatable bonds is 4. The van der Waals surface area contributed by atoms with Crippen LogP contribution in [0.4, 0.5) is 5.69 Å². The van der Waals surface area contributed by atoms with Gasteiger partial charge in [0, 0.05) is 18.1 Å². The van der Waals surface area contributed by atoms with Crippen LogP contribution >= 0.6 is 0 Å². The summed E-state index contributed by atoms with van der Waals surface area (Å²) < 4.78 is 4.87. The predicted octanol–water partition coefficient (Wildman–Crippen LogP) is 1.91. The van der Waals surface area contributed by atoms with Crippen LogP contribution in [0.2, 0.25) is 0 Å². The molecule has 1 heterocycles. The number of carbonyl (C=O) groups excluding carboxylic acids is 2. The quantitative estimate of drug-likeness (QED) is 0.859. The molecule has 2 rings (SSSR count). The van der Waals surface area contributed by atoms with Gasteiger partial charge in [0.25, 0.3) is 5.91 Å². The van der Waals surface area contributed by atoms with Gasteiger partial charge in [-0.1, -0.05) is 0 Å². The average Bonchev–Trinajstić information content (AvgIpc) is 2.49. The normalized spacial score (nSPS) is 9.85. The summed E-state index contributed by atoms with van der Waals surface area (Å²) in [5.41, 5.74) is 1.22. The third-order valence-corrected chi connectivity index (χ3v) is 2.45. The van der Waals surface area contributed by atoms with Crippen LogP contribution in [-0.4, -0.2) is 28.5 Å². The molecule has 102 valence electrons. The summed E-state index contributed by atoms with van der Waals surface area (Å²) in [5.74, 6) is -0.749. The molecule has 1 N–H and O–H groups in total. The molecule has 0 spiro atoms. The highest BCUT2D eigenvalue weighted by atomic mass is 16.5. The number of esters is 1. The molecule has 1 amide bonds. The van der Waals surface area contributed by atoms with Crippen molar-refractivity contribution >= 4 is 17.6 Å². The van der Waals surface area contributed by atoms with Crippen molar-refractivity contribution in [2.24, 2.45) is 0 Å². The minimum atomic E-state index is -0.390. The first-order valence-corrected chi connectivity index (χ1v) is 6.05. The molecule has 0 atom stereocenters. The molecule has 0 saturated heterocycles. The van der Waals surface area contributed by atoms with Crippen molar-refractivity contribution in [1.82, 2.24) is 9.97 Å². The van der Waals surface area contributed by atoms with Crippen molar-refractivity contribution in [3.8, 4) is 0 Å². The Hall–Kier alpha value is -2.76. The number of ether oxygens (including phenoxy) is 1. The maximum atomic E-state index is 11.8. The van der Waals surface area contributed by atoms with Crippen molar-refractivity contribution in [1.29, 1.82) is 0 Å². The molecular weight excluding hydrogens is 258 g/mol. The van der Waals surface area contributed by atoms with Gasteiger partial charge in [-0.15, -0.1) is 0 Å². The number of nitrogens with zero attached hydrogens (tertiary/aromatic N) is 2. The van der Waals surface area contributed by atoms with Crippen LogP contribution in [0.15, 0.2) is 42.9 Å². The summed E-state index contributed by atoms with van der Waals surface area (Å²) in [6.45, 7) is 2.07. The van der Waals surface area contributed by atoms with Crippen molar-refractivity contribution in [3.05, 3.63) is 54.1 Å². The van der Waals surface area contributed by atoms with Gasteiger partial charge in [-0.25, -0.2) is 9.78 Å². The fourth-order valence-corrected chi connectivity index (χ4v) is 1.52. The number of amides is 1. The van der Waals surface area contributed by atoms with E-state index >= 15 is 0 Å². The van der Waals surface area contributed by atoms with Gasteiger partial charge in [0.15, 0.2) is 0 Å². The Labute approximate surface area is 115 Å². The van der Waals surface area contributed by atoms with Crippen molar-refractivity contribution < 1.29 is 14.3 Å². The molecule has 6 heteroatoms. The highest BCUT2D eigenvalue weighted by molar-refractivity contribution is 6.02. The maximum absolute atomic E-state index is 11.8. The Kier molecular flexibility index (Phi) is 4.39. The smallest absolute Gasteiger partial charge is 0.338 e. The summed E-state index contributed by atoms with van der Waals surface area (Å²) >= 11 is 0. The van der Waals surface area contributed by atoms with Crippen molar-refractivity contribution in [2.45, 2.75) is 6.92 Å². The molecule has 0 aliphatic rings. The molecule has 6 nitrogen and oxygen atoms in total. The first-order valence-electron chi connectivity index (χ1n) is 6.05. The third-order valence-electron chi connectivity index (χ3n) is 2.45. The van der Waals surface area contributed by atoms with E-state index < -0.39 is 0 Å². The third kappa shape index (κ3) is 3.38. The van der Waals surface area contributed by atoms with Gasteiger partial charge in [-0.2, -0.15) is 0 Å². The van der Waals surface area contributed by atoms with Gasteiger partial charge < -0.3 is 10.1 Å². The second-order valence-corrected chi connectivity index (χ2v) is 3.84. The Morgan fingerprint density at radius 3 is 2.55 bits per heavy atom. The fourth-order valence-electron chi connectivity index (χ4n) is 1.52. The number of hydrogen-bond acceptors (Lipinski definition) is 5. The molecule has 0 aliphatic carbocycles. The van der Waals surface area contributed by atoms with Crippen LogP contribution in [0.5, 0.6) is 0 Å². The first-order chi connectivity index (χ1) is 9.70. The molecule has 0 bridgehead atoms. The van der Waals surface area contributed by atoms with Gasteiger partial charge in [0.05, 0.1) is 18.4 Å². The van der Waals surface area contributed by atoms with E-state index in [1.54, 1.807) is 31.2 Å². The van der Waals surface area contributed by atoms with Crippen molar-refractivity contribution in [3.63, 3.8) is 0 Å². The van der Waals surface area contributed by atoms with Gasteiger partial charge in [0.1, 0.15) is 5.69 Å². The summed E-state index contributed by atoms with van der Waals surface area (Å²) in [4.78, 5) is 31.0. The lowest BCUT2D eigenvalue weighted by atomic mass is 10.2. The topological polar surface area (TPSA) is 81.2 Å². The molecule has 0 unspecified atom stereocenters. The van der Waals surface area contributed by atoms with Crippen LogP contribution in [0.25, 0.3) is 0 Å². The zero-order valence-electron chi connectivity index (χ0n) is 10.9. The van der Waals surface area contributed by atoms with Crippen LogP contribution in [0.1, 0.15) is 27.8 Å². The van der Waals surface area contributed by atoms with Gasteiger partial charge in [-0.05, 0) is 31.2 Å². The van der Waals surface area contributed by atoms with E-state index in [0.717, 1.165) is 0 Å². The molecule has 0 radical (unpaired) electrons. The van der Waals surface area contributed by atoms with Gasteiger partial charge >= 0.3 is 5.97 Å². The minimum Gasteiger partial charge on any atom is -0.462 e. The zero-order valence-corrected chi connectivity index (χ0v) is 10.9. The van der Waals surface area contributed by atoms with Crippen LogP contribution < -0.4 is 5.32 Å². The molecule has 1 aromatic carbocycles. The van der Waals surface area contributed by atoms with E-state index in [-0.39, 0.29) is 17.6 Å². The molecule has 20 heavy (non-hydrogen) atoms. The second kappa shape index (κ2) is 6.42. The van der Waals surface area contributed by atoms with E-state index in [2.05, 4.69) is 15.3 Å². The maximum Gasteiger partial charge on any atom is 0.338 e. The molecule has 0 aliphatic heterocycles. The van der Waals surface area contributed by atoms with Gasteiger partial charge in [0.2, 0.25) is 0 Å². The SMILES string of the molecule is CCOC(=O)c1ccc(NC(=O)c2cnccn2)cc1. The first kappa shape index (κ1) is 13.7. The lowest BCUT2D eigenvalue weighted by molar-refractivity contribution is 0.0526. The summed E-state index contributed by atoms with van der Waals surface area (Å²) in [6, 6.07) is 6.43. The largest absolute Gasteiger partial charge is 0.462 e. The lowest BCUT2D eigenvalue weighted by Crippen LogP contribution is -2.14. The van der Waals surface area contributed by atoms with Crippen LogP contribution in [-0.2, 0) is 4.74 Å². The molecular formula is C14H13N3O3. The average molecular weight is 271 g/mol. The predicted molar refractivity (Wildman–Crippen MR) is 72.4 cm³/mol. The van der Waals surface area contributed by atoms with E-state index in [9.17, 15) is 9.59 Å². The Morgan fingerprint density at radius 1 is 1.20 bits per heavy atom. The van der Waals surface area contributed by atoms with E-state index in [0.29, 0.717) is 17.9 Å². The summed E-state index contributed by atoms with van der Waals surface area (Å²) in [7, 11) is 0. The van der Waals surface area contributed by atoms with Crippen LogP contribution in [0.3, 0.4) is 0 Å². The number of hydrogen-bond donors (Lipinski definition) is 1. The van der Waals surface area contributed by atoms with E-state index in [4.69, 9.17) is 4.74 Å². The Morgan fingerprint density at radius 2 is 1.95 bits per heavy atom.